The molecule has 0 spiro atoms. The fourth-order valence-electron chi connectivity index (χ4n) is 3.00. The maximum atomic E-state index is 14.0. The lowest BCUT2D eigenvalue weighted by Crippen LogP contribution is -2.46. The minimum Gasteiger partial charge on any atom is -0.330 e. The van der Waals surface area contributed by atoms with E-state index in [9.17, 15) is 9.18 Å². The van der Waals surface area contributed by atoms with E-state index in [1.807, 2.05) is 6.07 Å². The van der Waals surface area contributed by atoms with Crippen LogP contribution in [0.4, 0.5) is 4.39 Å². The molecule has 4 nitrogen and oxygen atoms in total. The first kappa shape index (κ1) is 12.6. The number of hydrogen-bond acceptors (Lipinski definition) is 3. The molecule has 1 aromatic rings. The molecule has 1 aromatic carbocycles. The number of nitrogens with one attached hydrogen (secondary N) is 1. The Morgan fingerprint density at radius 1 is 1.47 bits per heavy atom. The Bertz CT molecular complexity index is 512. The van der Waals surface area contributed by atoms with Crippen LogP contribution in [0.15, 0.2) is 12.1 Å². The highest BCUT2D eigenvalue weighted by Crippen LogP contribution is 2.29. The largest absolute Gasteiger partial charge is 0.330 e. The van der Waals surface area contributed by atoms with Gasteiger partial charge in [0, 0.05) is 25.7 Å². The van der Waals surface area contributed by atoms with Crippen LogP contribution >= 0.6 is 0 Å². The van der Waals surface area contributed by atoms with E-state index in [0.29, 0.717) is 13.1 Å². The second-order valence-electron chi connectivity index (χ2n) is 5.25. The molecule has 0 radical (unpaired) electrons. The molecule has 1 unspecified atom stereocenters. The van der Waals surface area contributed by atoms with Crippen LogP contribution in [0.5, 0.6) is 0 Å². The summed E-state index contributed by atoms with van der Waals surface area (Å²) in [4.78, 5) is 14.1. The van der Waals surface area contributed by atoms with Gasteiger partial charge in [-0.1, -0.05) is 6.07 Å². The predicted octanol–water partition coefficient (Wildman–Crippen LogP) is 0.992. The van der Waals surface area contributed by atoms with Gasteiger partial charge in [0.05, 0.1) is 5.56 Å². The Hall–Kier alpha value is -1.46. The predicted molar refractivity (Wildman–Crippen MR) is 70.1 cm³/mol. The zero-order chi connectivity index (χ0) is 13.4. The Balaban J connectivity index is 1.90. The molecule has 5 heteroatoms. The lowest BCUT2D eigenvalue weighted by Gasteiger charge is -2.31. The number of rotatable bonds is 2. The average molecular weight is 263 g/mol. The van der Waals surface area contributed by atoms with Gasteiger partial charge in [-0.3, -0.25) is 4.79 Å². The number of nitrogens with zero attached hydrogens (tertiary/aromatic N) is 1. The number of nitrogens with two attached hydrogens (primary N) is 1. The van der Waals surface area contributed by atoms with Gasteiger partial charge in [-0.25, -0.2) is 4.39 Å². The van der Waals surface area contributed by atoms with E-state index in [2.05, 4.69) is 5.32 Å². The summed E-state index contributed by atoms with van der Waals surface area (Å²) in [5.41, 5.74) is 7.31. The highest BCUT2D eigenvalue weighted by molar-refractivity contribution is 5.99. The lowest BCUT2D eigenvalue weighted by molar-refractivity contribution is 0.0671. The zero-order valence-electron chi connectivity index (χ0n) is 10.8. The summed E-state index contributed by atoms with van der Waals surface area (Å²) < 4.78 is 14.0. The minimum absolute atomic E-state index is 0.175. The van der Waals surface area contributed by atoms with Crippen LogP contribution in [0.3, 0.4) is 0 Å². The van der Waals surface area contributed by atoms with E-state index in [1.54, 1.807) is 4.90 Å². The molecule has 2 aliphatic heterocycles. The number of hydrogen-bond donors (Lipinski definition) is 2. The highest BCUT2D eigenvalue weighted by atomic mass is 19.1. The minimum atomic E-state index is -0.436. The van der Waals surface area contributed by atoms with Crippen molar-refractivity contribution in [1.82, 2.24) is 10.2 Å². The third-order valence-electron chi connectivity index (χ3n) is 3.99. The van der Waals surface area contributed by atoms with Crippen LogP contribution in [0.1, 0.15) is 34.3 Å². The second kappa shape index (κ2) is 4.90. The van der Waals surface area contributed by atoms with Crippen molar-refractivity contribution >= 4 is 5.91 Å². The monoisotopic (exact) mass is 263 g/mol. The number of benzene rings is 1. The fourth-order valence-corrected chi connectivity index (χ4v) is 3.00. The van der Waals surface area contributed by atoms with E-state index in [-0.39, 0.29) is 17.5 Å². The van der Waals surface area contributed by atoms with Crippen LogP contribution in [-0.4, -0.2) is 29.9 Å². The first-order valence-electron chi connectivity index (χ1n) is 6.73. The van der Waals surface area contributed by atoms with Gasteiger partial charge in [-0.2, -0.15) is 0 Å². The normalized spacial score (nSPS) is 22.7. The van der Waals surface area contributed by atoms with Crippen molar-refractivity contribution in [2.75, 3.05) is 13.1 Å². The van der Waals surface area contributed by atoms with E-state index in [1.165, 1.54) is 6.07 Å². The van der Waals surface area contributed by atoms with Gasteiger partial charge in [-0.05, 0) is 36.6 Å². The van der Waals surface area contributed by atoms with Crippen molar-refractivity contribution in [2.45, 2.75) is 32.0 Å². The molecule has 3 rings (SSSR count). The molecule has 2 aliphatic rings. The Morgan fingerprint density at radius 3 is 3.00 bits per heavy atom. The van der Waals surface area contributed by atoms with Gasteiger partial charge in [0.1, 0.15) is 5.82 Å². The highest BCUT2D eigenvalue weighted by Gasteiger charge is 2.35. The van der Waals surface area contributed by atoms with E-state index < -0.39 is 5.82 Å². The quantitative estimate of drug-likeness (QED) is 0.836. The first-order valence-corrected chi connectivity index (χ1v) is 6.73. The summed E-state index contributed by atoms with van der Waals surface area (Å²) in [7, 11) is 0. The number of piperidine rings is 1. The summed E-state index contributed by atoms with van der Waals surface area (Å²) in [6, 6.07) is 3.40. The van der Waals surface area contributed by atoms with Crippen LogP contribution < -0.4 is 11.1 Å². The average Bonchev–Trinajstić information content (AvgIpc) is 2.77. The van der Waals surface area contributed by atoms with Gasteiger partial charge in [0.2, 0.25) is 0 Å². The van der Waals surface area contributed by atoms with Crippen molar-refractivity contribution in [2.24, 2.45) is 5.73 Å². The number of fused-ring (bicyclic) bond motifs is 1. The van der Waals surface area contributed by atoms with Crippen LogP contribution in [0, 0.1) is 5.82 Å². The van der Waals surface area contributed by atoms with Gasteiger partial charge in [0.15, 0.2) is 0 Å². The molecule has 0 saturated carbocycles. The van der Waals surface area contributed by atoms with E-state index in [4.69, 9.17) is 5.73 Å². The summed E-state index contributed by atoms with van der Waals surface area (Å²) in [5.74, 6) is -0.612. The van der Waals surface area contributed by atoms with E-state index in [0.717, 1.165) is 37.1 Å². The summed E-state index contributed by atoms with van der Waals surface area (Å²) in [6.45, 7) is 2.59. The Kier molecular flexibility index (Phi) is 3.24. The lowest BCUT2D eigenvalue weighted by atomic mass is 10.1. The maximum absolute atomic E-state index is 14.0. The van der Waals surface area contributed by atoms with Crippen LogP contribution in [0.2, 0.25) is 0 Å². The summed E-state index contributed by atoms with van der Waals surface area (Å²) >= 11 is 0. The molecule has 19 heavy (non-hydrogen) atoms. The second-order valence-corrected chi connectivity index (χ2v) is 5.25. The number of carbonyl (C=O) groups is 1. The summed E-state index contributed by atoms with van der Waals surface area (Å²) in [5, 5.41) is 3.29. The topological polar surface area (TPSA) is 58.4 Å². The molecule has 102 valence electrons. The Morgan fingerprint density at radius 2 is 2.32 bits per heavy atom. The molecular formula is C14H18FN3O. The van der Waals surface area contributed by atoms with Gasteiger partial charge in [-0.15, -0.1) is 0 Å². The van der Waals surface area contributed by atoms with Crippen molar-refractivity contribution in [3.05, 3.63) is 34.6 Å². The van der Waals surface area contributed by atoms with Crippen molar-refractivity contribution in [1.29, 1.82) is 0 Å². The molecule has 1 saturated heterocycles. The molecule has 3 N–H and O–H groups in total. The van der Waals surface area contributed by atoms with Crippen LogP contribution in [0.25, 0.3) is 0 Å². The molecule has 0 bridgehead atoms. The number of halogens is 1. The third kappa shape index (κ3) is 2.13. The zero-order valence-corrected chi connectivity index (χ0v) is 10.8. The molecule has 1 fully saturated rings. The molecule has 0 aromatic heterocycles. The molecular weight excluding hydrogens is 245 g/mol. The van der Waals surface area contributed by atoms with Crippen molar-refractivity contribution in [3.63, 3.8) is 0 Å². The smallest absolute Gasteiger partial charge is 0.257 e. The SMILES string of the molecule is NCc1cc(F)c2c(c1)CN(C1CCCNC1)C2=O. The van der Waals surface area contributed by atoms with E-state index >= 15 is 0 Å². The molecule has 0 aliphatic carbocycles. The van der Waals surface area contributed by atoms with Gasteiger partial charge < -0.3 is 16.0 Å². The van der Waals surface area contributed by atoms with Crippen molar-refractivity contribution < 1.29 is 9.18 Å². The fraction of sp³-hybridized carbons (Fsp3) is 0.500. The summed E-state index contributed by atoms with van der Waals surface area (Å²) in [6.07, 6.45) is 2.04. The standard InChI is InChI=1S/C14H18FN3O/c15-12-5-9(6-16)4-10-8-18(14(19)13(10)12)11-2-1-3-17-7-11/h4-5,11,17H,1-3,6-8,16H2. The van der Waals surface area contributed by atoms with Crippen molar-refractivity contribution in [3.8, 4) is 0 Å². The number of carbonyl (C=O) groups excluding carboxylic acids is 1. The maximum Gasteiger partial charge on any atom is 0.257 e. The van der Waals surface area contributed by atoms with Crippen LogP contribution in [-0.2, 0) is 13.1 Å². The molecule has 1 amide bonds. The number of amides is 1. The molecule has 1 atom stereocenters. The van der Waals surface area contributed by atoms with Gasteiger partial charge >= 0.3 is 0 Å². The first-order chi connectivity index (χ1) is 9.20. The molecule has 2 heterocycles. The third-order valence-corrected chi connectivity index (χ3v) is 3.99. The Labute approximate surface area is 111 Å². The van der Waals surface area contributed by atoms with Gasteiger partial charge in [0.25, 0.3) is 5.91 Å².